The maximum absolute atomic E-state index is 12.5. The van der Waals surface area contributed by atoms with Crippen LogP contribution in [-0.2, 0) is 17.1 Å². The molecule has 0 bridgehead atoms. The van der Waals surface area contributed by atoms with Gasteiger partial charge in [0, 0.05) is 38.1 Å². The molecule has 2 aromatic carbocycles. The number of nitrogens with zero attached hydrogens (tertiary/aromatic N) is 1. The summed E-state index contributed by atoms with van der Waals surface area (Å²) in [6.07, 6.45) is -0.677. The number of halogens is 6. The van der Waals surface area contributed by atoms with Gasteiger partial charge in [-0.1, -0.05) is 81.7 Å². The summed E-state index contributed by atoms with van der Waals surface area (Å²) in [7, 11) is 4.42. The van der Waals surface area contributed by atoms with Crippen LogP contribution in [0.4, 0.5) is 10.5 Å². The van der Waals surface area contributed by atoms with E-state index >= 15 is 0 Å². The Balaban J connectivity index is 2.48. The number of carbonyl (C=O) groups is 1. The molecular formula is C20H20Cl6N2O4. The third kappa shape index (κ3) is 7.34. The summed E-state index contributed by atoms with van der Waals surface area (Å²) in [5.41, 5.74) is 1.02. The molecule has 0 aliphatic carbocycles. The fourth-order valence-electron chi connectivity index (χ4n) is 2.69. The van der Waals surface area contributed by atoms with Gasteiger partial charge in [-0.25, -0.2) is 4.79 Å². The number of amides is 2. The number of anilines is 1. The predicted molar refractivity (Wildman–Crippen MR) is 131 cm³/mol. The molecule has 0 saturated carbocycles. The highest BCUT2D eigenvalue weighted by atomic mass is 35.6. The quantitative estimate of drug-likeness (QED) is 0.294. The summed E-state index contributed by atoms with van der Waals surface area (Å²) in [6.45, 7) is 0.0808. The van der Waals surface area contributed by atoms with Gasteiger partial charge in [-0.2, -0.15) is 0 Å². The van der Waals surface area contributed by atoms with Crippen LogP contribution >= 0.6 is 69.6 Å². The van der Waals surface area contributed by atoms with E-state index in [4.69, 9.17) is 83.8 Å². The Bertz CT molecular complexity index is 929. The zero-order valence-electron chi connectivity index (χ0n) is 17.2. The summed E-state index contributed by atoms with van der Waals surface area (Å²) >= 11 is 36.5. The van der Waals surface area contributed by atoms with Gasteiger partial charge in [-0.05, 0) is 30.3 Å². The van der Waals surface area contributed by atoms with E-state index in [0.717, 1.165) is 0 Å². The second-order valence-corrected chi connectivity index (χ2v) is 10.9. The van der Waals surface area contributed by atoms with Gasteiger partial charge in [0.25, 0.3) is 0 Å². The molecule has 0 aliphatic rings. The molecule has 12 heteroatoms. The summed E-state index contributed by atoms with van der Waals surface area (Å²) in [5.74, 6) is 0.598. The monoisotopic (exact) mass is 562 g/mol. The normalized spacial score (nSPS) is 12.1. The molecule has 0 spiro atoms. The molecule has 0 saturated heterocycles. The van der Waals surface area contributed by atoms with E-state index in [2.05, 4.69) is 5.32 Å². The second kappa shape index (κ2) is 11.5. The standard InChI is InChI=1S/C20H20Cl6N2O4/c1-27-18(29)28(11-17(30-2)31-3)13-7-8-16(15(10-13)20(24,25)26)32-14-6-4-5-12(9-14)19(21,22)23/h4-10,17H,11H2,1-3H3,(H,27,29). The van der Waals surface area contributed by atoms with E-state index in [-0.39, 0.29) is 17.9 Å². The van der Waals surface area contributed by atoms with E-state index in [1.54, 1.807) is 36.4 Å². The van der Waals surface area contributed by atoms with Crippen molar-refractivity contribution in [2.24, 2.45) is 0 Å². The molecule has 2 aromatic rings. The minimum Gasteiger partial charge on any atom is -0.457 e. The number of urea groups is 1. The number of hydrogen-bond donors (Lipinski definition) is 1. The minimum absolute atomic E-state index is 0.0808. The first-order valence-corrected chi connectivity index (χ1v) is 11.3. The van der Waals surface area contributed by atoms with E-state index in [9.17, 15) is 4.79 Å². The Labute approximate surface area is 216 Å². The fraction of sp³-hybridized carbons (Fsp3) is 0.350. The molecular weight excluding hydrogens is 545 g/mol. The van der Waals surface area contributed by atoms with Crippen LogP contribution in [0.1, 0.15) is 11.1 Å². The van der Waals surface area contributed by atoms with Crippen molar-refractivity contribution in [3.8, 4) is 11.5 Å². The van der Waals surface area contributed by atoms with E-state index in [0.29, 0.717) is 17.0 Å². The fourth-order valence-corrected chi connectivity index (χ4v) is 3.49. The number of ether oxygens (including phenoxy) is 3. The van der Waals surface area contributed by atoms with E-state index in [1.165, 1.54) is 32.2 Å². The van der Waals surface area contributed by atoms with Crippen LogP contribution in [0.5, 0.6) is 11.5 Å². The summed E-state index contributed by atoms with van der Waals surface area (Å²) < 4.78 is 12.8. The highest BCUT2D eigenvalue weighted by molar-refractivity contribution is 6.67. The number of alkyl halides is 6. The second-order valence-electron chi connectivity index (χ2n) is 6.37. The van der Waals surface area contributed by atoms with Crippen molar-refractivity contribution in [2.45, 2.75) is 13.9 Å². The third-order valence-electron chi connectivity index (χ3n) is 4.29. The number of rotatable bonds is 7. The minimum atomic E-state index is -1.87. The Morgan fingerprint density at radius 2 is 1.66 bits per heavy atom. The molecule has 6 nitrogen and oxygen atoms in total. The van der Waals surface area contributed by atoms with Gasteiger partial charge >= 0.3 is 6.03 Å². The lowest BCUT2D eigenvalue weighted by Crippen LogP contribution is -2.43. The van der Waals surface area contributed by atoms with Crippen LogP contribution in [0.2, 0.25) is 0 Å². The molecule has 32 heavy (non-hydrogen) atoms. The zero-order chi connectivity index (χ0) is 24.1. The molecule has 0 atom stereocenters. The number of benzene rings is 2. The van der Waals surface area contributed by atoms with E-state index in [1.807, 2.05) is 0 Å². The zero-order valence-corrected chi connectivity index (χ0v) is 21.7. The van der Waals surface area contributed by atoms with Crippen LogP contribution in [-0.4, -0.2) is 40.1 Å². The van der Waals surface area contributed by atoms with Gasteiger partial charge in [-0.3, -0.25) is 4.90 Å². The summed E-state index contributed by atoms with van der Waals surface area (Å²) in [5, 5.41) is 2.56. The molecule has 2 amide bonds. The molecule has 0 radical (unpaired) electrons. The first kappa shape index (κ1) is 27.4. The Morgan fingerprint density at radius 1 is 1.00 bits per heavy atom. The lowest BCUT2D eigenvalue weighted by molar-refractivity contribution is -0.0939. The van der Waals surface area contributed by atoms with Crippen LogP contribution < -0.4 is 15.0 Å². The SMILES string of the molecule is CNC(=O)N(CC(OC)OC)c1ccc(Oc2cccc(C(Cl)(Cl)Cl)c2)c(C(Cl)(Cl)Cl)c1. The van der Waals surface area contributed by atoms with Gasteiger partial charge in [0.15, 0.2) is 6.29 Å². The van der Waals surface area contributed by atoms with Gasteiger partial charge in [0.1, 0.15) is 11.5 Å². The van der Waals surface area contributed by atoms with Crippen molar-refractivity contribution in [1.29, 1.82) is 0 Å². The third-order valence-corrected chi connectivity index (χ3v) is 5.55. The number of nitrogens with one attached hydrogen (secondary N) is 1. The molecule has 1 N–H and O–H groups in total. The van der Waals surface area contributed by atoms with Gasteiger partial charge < -0.3 is 19.5 Å². The largest absolute Gasteiger partial charge is 0.457 e. The van der Waals surface area contributed by atoms with Crippen molar-refractivity contribution in [3.63, 3.8) is 0 Å². The van der Waals surface area contributed by atoms with Gasteiger partial charge in [0.05, 0.1) is 6.54 Å². The summed E-state index contributed by atoms with van der Waals surface area (Å²) in [6, 6.07) is 10.8. The molecule has 0 heterocycles. The Kier molecular flexibility index (Phi) is 9.88. The van der Waals surface area contributed by atoms with Crippen molar-refractivity contribution in [2.75, 3.05) is 32.7 Å². The van der Waals surface area contributed by atoms with Crippen LogP contribution in [0.15, 0.2) is 42.5 Å². The molecule has 2 rings (SSSR count). The topological polar surface area (TPSA) is 60.0 Å². The smallest absolute Gasteiger partial charge is 0.321 e. The van der Waals surface area contributed by atoms with Gasteiger partial charge in [-0.15, -0.1) is 0 Å². The molecule has 0 aromatic heterocycles. The number of hydrogen-bond acceptors (Lipinski definition) is 4. The van der Waals surface area contributed by atoms with Crippen molar-refractivity contribution in [3.05, 3.63) is 53.6 Å². The Hall–Kier alpha value is -0.830. The van der Waals surface area contributed by atoms with Crippen molar-refractivity contribution >= 4 is 81.3 Å². The van der Waals surface area contributed by atoms with Crippen molar-refractivity contribution in [1.82, 2.24) is 5.32 Å². The average Bonchev–Trinajstić information content (AvgIpc) is 2.73. The van der Waals surface area contributed by atoms with Crippen LogP contribution in [0.25, 0.3) is 0 Å². The maximum atomic E-state index is 12.5. The lowest BCUT2D eigenvalue weighted by Gasteiger charge is -2.27. The molecule has 0 aliphatic heterocycles. The van der Waals surface area contributed by atoms with Gasteiger partial charge in [0.2, 0.25) is 7.59 Å². The molecule has 0 unspecified atom stereocenters. The van der Waals surface area contributed by atoms with Crippen LogP contribution in [0.3, 0.4) is 0 Å². The molecule has 0 fully saturated rings. The maximum Gasteiger partial charge on any atom is 0.321 e. The van der Waals surface area contributed by atoms with E-state index < -0.39 is 19.9 Å². The lowest BCUT2D eigenvalue weighted by atomic mass is 10.1. The average molecular weight is 565 g/mol. The molecule has 176 valence electrons. The highest BCUT2D eigenvalue weighted by Crippen LogP contribution is 2.46. The number of carbonyl (C=O) groups excluding carboxylic acids is 1. The Morgan fingerprint density at radius 3 is 2.19 bits per heavy atom. The van der Waals surface area contributed by atoms with Crippen molar-refractivity contribution < 1.29 is 19.0 Å². The summed E-state index contributed by atoms with van der Waals surface area (Å²) in [4.78, 5) is 13.9. The van der Waals surface area contributed by atoms with Crippen LogP contribution in [0, 0.1) is 0 Å². The first-order valence-electron chi connectivity index (χ1n) is 9.02. The highest BCUT2D eigenvalue weighted by Gasteiger charge is 2.30. The predicted octanol–water partition coefficient (Wildman–Crippen LogP) is 6.90. The first-order chi connectivity index (χ1) is 14.9. The number of methoxy groups -OCH3 is 2.